The molecule has 3 amide bonds. The van der Waals surface area contributed by atoms with Crippen LogP contribution in [0.4, 0.5) is 24.5 Å². The van der Waals surface area contributed by atoms with Crippen LogP contribution in [-0.2, 0) is 25.3 Å². The van der Waals surface area contributed by atoms with Crippen molar-refractivity contribution in [1.29, 1.82) is 5.26 Å². The smallest absolute Gasteiger partial charge is 0.417 e. The van der Waals surface area contributed by atoms with Crippen LogP contribution in [0.1, 0.15) is 31.4 Å². The molecule has 3 aliphatic heterocycles. The van der Waals surface area contributed by atoms with Gasteiger partial charge in [-0.25, -0.2) is 4.90 Å². The van der Waals surface area contributed by atoms with Crippen LogP contribution < -0.4 is 15.0 Å². The van der Waals surface area contributed by atoms with Crippen molar-refractivity contribution < 1.29 is 37.0 Å². The lowest BCUT2D eigenvalue weighted by Gasteiger charge is -2.29. The number of halogens is 3. The van der Waals surface area contributed by atoms with E-state index < -0.39 is 52.2 Å². The number of imide groups is 1. The molecule has 2 aromatic carbocycles. The van der Waals surface area contributed by atoms with Gasteiger partial charge in [0.05, 0.1) is 46.9 Å². The number of hydrogen-bond donors (Lipinski definition) is 1. The fourth-order valence-corrected chi connectivity index (χ4v) is 5.57. The summed E-state index contributed by atoms with van der Waals surface area (Å²) in [4.78, 5) is 39.0. The van der Waals surface area contributed by atoms with Crippen LogP contribution in [0.5, 0.6) is 5.75 Å². The lowest BCUT2D eigenvalue weighted by molar-refractivity contribution is -0.138. The molecule has 2 bridgehead atoms. The molecule has 11 heteroatoms. The monoisotopic (exact) mass is 525 g/mol. The Balaban J connectivity index is 1.38. The van der Waals surface area contributed by atoms with E-state index in [9.17, 15) is 27.6 Å². The number of hydrogen-bond acceptors (Lipinski definition) is 6. The number of nitrogens with zero attached hydrogens (tertiary/aromatic N) is 2. The van der Waals surface area contributed by atoms with Gasteiger partial charge in [0, 0.05) is 19.0 Å². The standard InChI is InChI=1S/C27H22F3N3O5/c1-15(34)32-17-4-7-19(8-5-17)37-12-11-26-10-9-25(2,38-26)21-22(26)24(36)33(23(21)35)18-6-3-16(14-31)20(13-18)27(28,29)30/h3-10,13,21-22H,11-12H2,1-2H3,(H,32,34)/t21-,22+,25+,26+/m1/s1. The Labute approximate surface area is 215 Å². The number of rotatable bonds is 6. The second kappa shape index (κ2) is 8.70. The number of alkyl halides is 3. The molecule has 196 valence electrons. The normalized spacial score (nSPS) is 27.4. The summed E-state index contributed by atoms with van der Waals surface area (Å²) in [5.41, 5.74) is -3.73. The first-order valence-corrected chi connectivity index (χ1v) is 11.8. The van der Waals surface area contributed by atoms with E-state index in [1.165, 1.54) is 19.1 Å². The number of carbonyl (C=O) groups is 3. The van der Waals surface area contributed by atoms with Crippen molar-refractivity contribution in [3.8, 4) is 11.8 Å². The van der Waals surface area contributed by atoms with E-state index in [4.69, 9.17) is 14.7 Å². The predicted molar refractivity (Wildman–Crippen MR) is 128 cm³/mol. The van der Waals surface area contributed by atoms with Gasteiger partial charge < -0.3 is 14.8 Å². The number of fused-ring (bicyclic) bond motifs is 5. The Morgan fingerprint density at radius 3 is 2.45 bits per heavy atom. The van der Waals surface area contributed by atoms with Gasteiger partial charge in [-0.2, -0.15) is 18.4 Å². The average Bonchev–Trinajstić information content (AvgIpc) is 3.43. The first-order valence-electron chi connectivity index (χ1n) is 11.8. The van der Waals surface area contributed by atoms with Crippen molar-refractivity contribution in [3.63, 3.8) is 0 Å². The minimum Gasteiger partial charge on any atom is -0.493 e. The van der Waals surface area contributed by atoms with Crippen LogP contribution in [0.15, 0.2) is 54.6 Å². The molecule has 38 heavy (non-hydrogen) atoms. The summed E-state index contributed by atoms with van der Waals surface area (Å²) in [5, 5.41) is 11.7. The Morgan fingerprint density at radius 1 is 1.13 bits per heavy atom. The zero-order valence-electron chi connectivity index (χ0n) is 20.3. The molecule has 0 aromatic heterocycles. The molecule has 3 heterocycles. The SMILES string of the molecule is CC(=O)Nc1ccc(OCC[C@]23C=C[C@](C)(O2)[C@H]2C(=O)N(c4ccc(C#N)c(C(F)(F)F)c4)C(=O)[C@H]23)cc1. The molecule has 0 unspecified atom stereocenters. The minimum absolute atomic E-state index is 0.125. The highest BCUT2D eigenvalue weighted by Gasteiger charge is 2.72. The van der Waals surface area contributed by atoms with Crippen molar-refractivity contribution in [1.82, 2.24) is 0 Å². The molecule has 0 aliphatic carbocycles. The summed E-state index contributed by atoms with van der Waals surface area (Å²) >= 11 is 0. The van der Waals surface area contributed by atoms with Gasteiger partial charge in [0.2, 0.25) is 17.7 Å². The number of ether oxygens (including phenoxy) is 2. The largest absolute Gasteiger partial charge is 0.493 e. The molecule has 4 atom stereocenters. The van der Waals surface area contributed by atoms with Crippen molar-refractivity contribution in [3.05, 3.63) is 65.7 Å². The van der Waals surface area contributed by atoms with Crippen LogP contribution in [0, 0.1) is 23.2 Å². The van der Waals surface area contributed by atoms with Gasteiger partial charge in [-0.3, -0.25) is 14.4 Å². The third-order valence-corrected chi connectivity index (χ3v) is 7.18. The van der Waals surface area contributed by atoms with Gasteiger partial charge in [0.1, 0.15) is 11.4 Å². The molecular weight excluding hydrogens is 503 g/mol. The van der Waals surface area contributed by atoms with Crippen molar-refractivity contribution in [2.24, 2.45) is 11.8 Å². The molecule has 0 radical (unpaired) electrons. The third kappa shape index (κ3) is 4.01. The number of nitrogens with one attached hydrogen (secondary N) is 1. The number of amides is 3. The van der Waals surface area contributed by atoms with E-state index in [1.54, 1.807) is 43.3 Å². The molecule has 5 rings (SSSR count). The Bertz CT molecular complexity index is 1410. The third-order valence-electron chi connectivity index (χ3n) is 7.18. The number of nitriles is 1. The first-order chi connectivity index (χ1) is 17.9. The zero-order valence-corrected chi connectivity index (χ0v) is 20.3. The molecule has 1 N–H and O–H groups in total. The highest BCUT2D eigenvalue weighted by Crippen LogP contribution is 2.59. The minimum atomic E-state index is -4.84. The lowest BCUT2D eigenvalue weighted by Crippen LogP contribution is -2.42. The molecule has 0 saturated carbocycles. The van der Waals surface area contributed by atoms with Crippen LogP contribution in [0.2, 0.25) is 0 Å². The summed E-state index contributed by atoms with van der Waals surface area (Å²) in [6.45, 7) is 3.19. The van der Waals surface area contributed by atoms with Gasteiger partial charge in [0.15, 0.2) is 0 Å². The summed E-state index contributed by atoms with van der Waals surface area (Å²) in [5.74, 6) is -2.86. The van der Waals surface area contributed by atoms with E-state index in [0.717, 1.165) is 11.0 Å². The van der Waals surface area contributed by atoms with Gasteiger partial charge >= 0.3 is 6.18 Å². The lowest BCUT2D eigenvalue weighted by atomic mass is 9.71. The summed E-state index contributed by atoms with van der Waals surface area (Å²) in [6, 6.07) is 11.0. The average molecular weight is 525 g/mol. The Morgan fingerprint density at radius 2 is 1.82 bits per heavy atom. The van der Waals surface area contributed by atoms with Crippen molar-refractivity contribution in [2.75, 3.05) is 16.8 Å². The number of anilines is 2. The predicted octanol–water partition coefficient (Wildman–Crippen LogP) is 4.21. The maximum Gasteiger partial charge on any atom is 0.417 e. The van der Waals surface area contributed by atoms with E-state index in [0.29, 0.717) is 17.5 Å². The Kier molecular flexibility index (Phi) is 5.83. The zero-order chi connectivity index (χ0) is 27.5. The maximum absolute atomic E-state index is 13.6. The topological polar surface area (TPSA) is 109 Å². The second-order valence-electron chi connectivity index (χ2n) is 9.68. The van der Waals surface area contributed by atoms with Crippen molar-refractivity contribution in [2.45, 2.75) is 37.6 Å². The summed E-state index contributed by atoms with van der Waals surface area (Å²) in [7, 11) is 0. The van der Waals surface area contributed by atoms with Gasteiger partial charge in [-0.15, -0.1) is 0 Å². The van der Waals surface area contributed by atoms with Crippen LogP contribution in [-0.4, -0.2) is 35.5 Å². The molecule has 2 fully saturated rings. The first kappa shape index (κ1) is 25.5. The summed E-state index contributed by atoms with van der Waals surface area (Å²) in [6.07, 6.45) is -1.18. The van der Waals surface area contributed by atoms with E-state index in [1.807, 2.05) is 0 Å². The van der Waals surface area contributed by atoms with Gasteiger partial charge in [-0.1, -0.05) is 12.2 Å². The maximum atomic E-state index is 13.6. The van der Waals surface area contributed by atoms with Crippen LogP contribution in [0.3, 0.4) is 0 Å². The van der Waals surface area contributed by atoms with E-state index in [-0.39, 0.29) is 24.6 Å². The van der Waals surface area contributed by atoms with Crippen molar-refractivity contribution >= 4 is 29.1 Å². The van der Waals surface area contributed by atoms with Gasteiger partial charge in [0.25, 0.3) is 0 Å². The molecule has 2 aromatic rings. The highest BCUT2D eigenvalue weighted by atomic mass is 19.4. The number of carbonyl (C=O) groups excluding carboxylic acids is 3. The van der Waals surface area contributed by atoms with Crippen LogP contribution in [0.25, 0.3) is 0 Å². The molecule has 0 spiro atoms. The van der Waals surface area contributed by atoms with Crippen LogP contribution >= 0.6 is 0 Å². The molecular formula is C27H22F3N3O5. The quantitative estimate of drug-likeness (QED) is 0.447. The molecule has 8 nitrogen and oxygen atoms in total. The highest BCUT2D eigenvalue weighted by molar-refractivity contribution is 6.23. The Hall–Kier alpha value is -4.17. The fourth-order valence-electron chi connectivity index (χ4n) is 5.57. The molecule has 3 aliphatic rings. The van der Waals surface area contributed by atoms with E-state index in [2.05, 4.69) is 5.32 Å². The number of benzene rings is 2. The fraction of sp³-hybridized carbons (Fsp3) is 0.333. The summed E-state index contributed by atoms with van der Waals surface area (Å²) < 4.78 is 52.7. The van der Waals surface area contributed by atoms with Gasteiger partial charge in [-0.05, 0) is 49.4 Å². The van der Waals surface area contributed by atoms with E-state index >= 15 is 0 Å². The second-order valence-corrected chi connectivity index (χ2v) is 9.68. The molecule has 2 saturated heterocycles.